The number of likely N-dealkylation sites (tertiary alicyclic amines) is 1. The van der Waals surface area contributed by atoms with E-state index in [0.29, 0.717) is 23.1 Å². The monoisotopic (exact) mass is 524 g/mol. The van der Waals surface area contributed by atoms with Crippen LogP contribution in [0, 0.1) is 16.7 Å². The lowest BCUT2D eigenvalue weighted by molar-refractivity contribution is -0.133. The number of rotatable bonds is 7. The van der Waals surface area contributed by atoms with Crippen LogP contribution in [0.3, 0.4) is 0 Å². The average Bonchev–Trinajstić information content (AvgIpc) is 2.96. The number of carbonyl (C=O) groups excluding carboxylic acids is 2. The highest BCUT2D eigenvalue weighted by molar-refractivity contribution is 7.88. The van der Waals surface area contributed by atoms with Crippen LogP contribution in [0.15, 0.2) is 23.0 Å². The molecule has 3 rings (SSSR count). The summed E-state index contributed by atoms with van der Waals surface area (Å²) in [5, 5.41) is 8.63. The third-order valence-electron chi connectivity index (χ3n) is 6.81. The Morgan fingerprint density at radius 3 is 2.29 bits per heavy atom. The first-order valence-electron chi connectivity index (χ1n) is 11.9. The molecule has 0 saturated carbocycles. The van der Waals surface area contributed by atoms with E-state index in [1.54, 1.807) is 24.0 Å². The van der Waals surface area contributed by atoms with Crippen LogP contribution in [0.1, 0.15) is 60.5 Å². The Kier molecular flexibility index (Phi) is 7.18. The molecular weight excluding hydrogens is 487 g/mol. The van der Waals surface area contributed by atoms with Gasteiger partial charge in [-0.3, -0.25) is 14.2 Å². The first kappa shape index (κ1) is 27.6. The second-order valence-electron chi connectivity index (χ2n) is 11.4. The number of nitrogens with zero attached hydrogens (tertiary/aromatic N) is 2. The van der Waals surface area contributed by atoms with E-state index >= 15 is 0 Å². The van der Waals surface area contributed by atoms with Gasteiger partial charge in [-0.25, -0.2) is 18.3 Å². The number of ketones is 1. The molecule has 0 bridgehead atoms. The maximum absolute atomic E-state index is 13.9. The van der Waals surface area contributed by atoms with Crippen molar-refractivity contribution in [2.75, 3.05) is 18.0 Å². The van der Waals surface area contributed by atoms with Gasteiger partial charge in [0, 0.05) is 12.7 Å². The molecule has 1 aromatic rings. The smallest absolute Gasteiger partial charge is 0.241 e. The van der Waals surface area contributed by atoms with Gasteiger partial charge in [0.05, 0.1) is 22.8 Å². The Bertz CT molecular complexity index is 1230. The number of hydrogen-bond acceptors (Lipinski definition) is 6. The highest BCUT2D eigenvalue weighted by Gasteiger charge is 2.55. The van der Waals surface area contributed by atoms with Crippen LogP contribution in [0.25, 0.3) is 0 Å². The van der Waals surface area contributed by atoms with Gasteiger partial charge in [-0.1, -0.05) is 54.5 Å². The van der Waals surface area contributed by atoms with Crippen LogP contribution >= 0.6 is 7.29 Å². The molecule has 35 heavy (non-hydrogen) atoms. The van der Waals surface area contributed by atoms with Crippen LogP contribution in [0.5, 0.6) is 0 Å². The van der Waals surface area contributed by atoms with Crippen LogP contribution in [0.2, 0.25) is 0 Å². The van der Waals surface area contributed by atoms with Crippen molar-refractivity contribution in [1.29, 1.82) is 0 Å². The summed E-state index contributed by atoms with van der Waals surface area (Å²) >= 11 is 0. The molecule has 2 aliphatic rings. The number of hydrogen-bond donors (Lipinski definition) is 2. The number of anilines is 1. The molecule has 3 N–H and O–H groups in total. The lowest BCUT2D eigenvalue weighted by Gasteiger charge is -2.38. The molecule has 2 unspecified atom stereocenters. The molecule has 2 aliphatic heterocycles. The fourth-order valence-electron chi connectivity index (χ4n) is 4.67. The van der Waals surface area contributed by atoms with E-state index in [4.69, 9.17) is 5.14 Å². The zero-order valence-corrected chi connectivity index (χ0v) is 23.3. The minimum atomic E-state index is -3.77. The molecule has 0 aliphatic carbocycles. The van der Waals surface area contributed by atoms with E-state index in [-0.39, 0.29) is 29.1 Å². The maximum atomic E-state index is 13.9. The van der Waals surface area contributed by atoms with E-state index in [2.05, 4.69) is 30.9 Å². The standard InChI is InChI=1S/C24H37N4O5PS/c1-8-24(6,7)14-28-20(23(3,4)5)19(29)18(22(28)30)21-26-16-11-10-15(13-35(25,32)33)12-17(16)34(31,9-2)27-21/h10-12,18,20H,8-9,13-14H2,1-7H3,(H2,25,32,33)(H,26,27,31)/t18?,20-,34?/m1/s1. The predicted molar refractivity (Wildman–Crippen MR) is 140 cm³/mol. The van der Waals surface area contributed by atoms with Gasteiger partial charge in [0.25, 0.3) is 0 Å². The third kappa shape index (κ3) is 5.54. The molecule has 1 fully saturated rings. The first-order valence-corrected chi connectivity index (χ1v) is 15.4. The quantitative estimate of drug-likeness (QED) is 0.415. The molecule has 1 saturated heterocycles. The summed E-state index contributed by atoms with van der Waals surface area (Å²) in [6, 6.07) is 4.08. The minimum absolute atomic E-state index is 0.0999. The fraction of sp³-hybridized carbons (Fsp3) is 0.625. The van der Waals surface area contributed by atoms with Crippen LogP contribution < -0.4 is 15.8 Å². The van der Waals surface area contributed by atoms with Gasteiger partial charge in [-0.15, -0.1) is 0 Å². The van der Waals surface area contributed by atoms with Gasteiger partial charge in [0.2, 0.25) is 23.2 Å². The number of nitrogens with two attached hydrogens (primary N) is 1. The molecule has 11 heteroatoms. The number of amides is 1. The number of primary sulfonamides is 1. The largest absolute Gasteiger partial charge is 0.342 e. The average molecular weight is 525 g/mol. The number of carbonyl (C=O) groups is 2. The van der Waals surface area contributed by atoms with E-state index in [1.165, 1.54) is 6.07 Å². The molecule has 194 valence electrons. The molecule has 2 heterocycles. The number of fused-ring (bicyclic) bond motifs is 1. The summed E-state index contributed by atoms with van der Waals surface area (Å²) in [5.74, 6) is -2.04. The molecule has 0 radical (unpaired) electrons. The van der Waals surface area contributed by atoms with Crippen LogP contribution in [0.4, 0.5) is 5.69 Å². The third-order valence-corrected chi connectivity index (χ3v) is 10.1. The number of nitrogens with one attached hydrogen (secondary N) is 1. The van der Waals surface area contributed by atoms with Crippen molar-refractivity contribution >= 4 is 45.8 Å². The van der Waals surface area contributed by atoms with Crippen molar-refractivity contribution in [2.45, 2.75) is 66.7 Å². The molecular formula is C24H37N4O5PS. The van der Waals surface area contributed by atoms with Crippen LogP contribution in [-0.2, 0) is 29.9 Å². The molecule has 1 aromatic carbocycles. The van der Waals surface area contributed by atoms with E-state index in [9.17, 15) is 22.6 Å². The lowest BCUT2D eigenvalue weighted by atomic mass is 9.81. The Labute approximate surface area is 208 Å². The molecule has 1 amide bonds. The van der Waals surface area contributed by atoms with Crippen molar-refractivity contribution in [2.24, 2.45) is 26.6 Å². The van der Waals surface area contributed by atoms with Gasteiger partial charge in [0.15, 0.2) is 11.7 Å². The summed E-state index contributed by atoms with van der Waals surface area (Å²) in [6.45, 7) is 14.1. The van der Waals surface area contributed by atoms with Gasteiger partial charge in [0.1, 0.15) is 5.84 Å². The molecule has 0 aromatic heterocycles. The predicted octanol–water partition coefficient (Wildman–Crippen LogP) is 3.10. The van der Waals surface area contributed by atoms with E-state index in [0.717, 1.165) is 6.42 Å². The Balaban J connectivity index is 2.07. The maximum Gasteiger partial charge on any atom is 0.241 e. The summed E-state index contributed by atoms with van der Waals surface area (Å²) in [7, 11) is -7.17. The zero-order chi connectivity index (χ0) is 26.6. The lowest BCUT2D eigenvalue weighted by Crippen LogP contribution is -2.48. The second kappa shape index (κ2) is 9.12. The summed E-state index contributed by atoms with van der Waals surface area (Å²) < 4.78 is 41.5. The fourth-order valence-corrected chi connectivity index (χ4v) is 7.29. The second-order valence-corrected chi connectivity index (χ2v) is 15.7. The first-order chi connectivity index (χ1) is 15.9. The number of amidine groups is 1. The Morgan fingerprint density at radius 2 is 1.77 bits per heavy atom. The van der Waals surface area contributed by atoms with E-state index < -0.39 is 40.4 Å². The highest BCUT2D eigenvalue weighted by Crippen LogP contribution is 2.51. The topological polar surface area (TPSA) is 139 Å². The summed E-state index contributed by atoms with van der Waals surface area (Å²) in [6.07, 6.45) is 0.999. The highest BCUT2D eigenvalue weighted by atomic mass is 32.2. The Hall–Kier alpha value is -2.03. The number of Topliss-reactive ketones (excluding diaryl/α,β-unsaturated/α-hetero) is 1. The van der Waals surface area contributed by atoms with Crippen molar-refractivity contribution in [3.8, 4) is 0 Å². The summed E-state index contributed by atoms with van der Waals surface area (Å²) in [5.41, 5.74) is 0.184. The zero-order valence-electron chi connectivity index (χ0n) is 21.6. The van der Waals surface area contributed by atoms with Gasteiger partial charge in [-0.05, 0) is 34.9 Å². The van der Waals surface area contributed by atoms with E-state index in [1.807, 2.05) is 20.8 Å². The summed E-state index contributed by atoms with van der Waals surface area (Å²) in [4.78, 5) is 29.1. The van der Waals surface area contributed by atoms with Crippen molar-refractivity contribution in [1.82, 2.24) is 4.90 Å². The van der Waals surface area contributed by atoms with Gasteiger partial charge >= 0.3 is 0 Å². The van der Waals surface area contributed by atoms with Crippen molar-refractivity contribution < 1.29 is 22.6 Å². The van der Waals surface area contributed by atoms with Crippen LogP contribution in [-0.4, -0.2) is 49.6 Å². The van der Waals surface area contributed by atoms with Crippen molar-refractivity contribution in [3.63, 3.8) is 0 Å². The minimum Gasteiger partial charge on any atom is -0.342 e. The number of benzene rings is 1. The number of sulfonamides is 1. The molecule has 9 nitrogen and oxygen atoms in total. The molecule has 0 spiro atoms. The van der Waals surface area contributed by atoms with Crippen molar-refractivity contribution in [3.05, 3.63) is 23.8 Å². The normalized spacial score (nSPS) is 25.4. The Morgan fingerprint density at radius 1 is 1.14 bits per heavy atom. The molecule has 3 atom stereocenters. The SMILES string of the molecule is CCC(C)(C)CN1C(=O)C(C2=NP(=O)(CC)c3cc(CS(N)(=O)=O)ccc3N2)C(=O)[C@@H]1C(C)(C)C. The van der Waals surface area contributed by atoms with Gasteiger partial charge < -0.3 is 10.2 Å². The van der Waals surface area contributed by atoms with Gasteiger partial charge in [-0.2, -0.15) is 0 Å².